The molecule has 130 valence electrons. The summed E-state index contributed by atoms with van der Waals surface area (Å²) >= 11 is 0. The number of carbonyl (C=O) groups is 2. The summed E-state index contributed by atoms with van der Waals surface area (Å²) in [6, 6.07) is -0.598. The summed E-state index contributed by atoms with van der Waals surface area (Å²) in [7, 11) is 0. The molecule has 1 rings (SSSR count). The quantitative estimate of drug-likeness (QED) is 0.473. The minimum Gasteiger partial charge on any atom is -0.345 e. The predicted molar refractivity (Wildman–Crippen MR) is 92.5 cm³/mol. The fraction of sp³-hybridized carbons (Fsp3) is 0.706. The Balaban J connectivity index is 2.29. The van der Waals surface area contributed by atoms with Crippen LogP contribution in [0.3, 0.4) is 0 Å². The van der Waals surface area contributed by atoms with Crippen LogP contribution in [0.1, 0.15) is 59.3 Å². The van der Waals surface area contributed by atoms with Crippen LogP contribution in [-0.4, -0.2) is 24.1 Å². The topological polar surface area (TPSA) is 82.6 Å². The molecule has 0 aromatic carbocycles. The largest absolute Gasteiger partial charge is 0.345 e. The van der Waals surface area contributed by atoms with E-state index >= 15 is 0 Å². The molecule has 0 bridgehead atoms. The molecule has 0 aliphatic heterocycles. The van der Waals surface area contributed by atoms with Crippen LogP contribution in [0.25, 0.3) is 0 Å². The lowest BCUT2D eigenvalue weighted by Crippen LogP contribution is -2.46. The van der Waals surface area contributed by atoms with Gasteiger partial charge in [-0.2, -0.15) is 5.10 Å². The lowest BCUT2D eigenvalue weighted by Gasteiger charge is -2.22. The van der Waals surface area contributed by atoms with Crippen molar-refractivity contribution in [1.29, 1.82) is 0 Å². The number of carbonyl (C=O) groups excluding carboxylic acids is 2. The Labute approximate surface area is 139 Å². The lowest BCUT2D eigenvalue weighted by atomic mass is 9.87. The van der Waals surface area contributed by atoms with E-state index in [2.05, 4.69) is 27.7 Å². The molecule has 1 atom stereocenters. The zero-order valence-electron chi connectivity index (χ0n) is 14.5. The molecule has 3 N–H and O–H groups in total. The molecular weight excluding hydrogens is 292 g/mol. The van der Waals surface area contributed by atoms with Crippen molar-refractivity contribution in [2.24, 2.45) is 16.9 Å². The van der Waals surface area contributed by atoms with E-state index < -0.39 is 6.04 Å². The van der Waals surface area contributed by atoms with E-state index in [4.69, 9.17) is 0 Å². The Hall–Kier alpha value is -1.85. The molecule has 0 spiro atoms. The van der Waals surface area contributed by atoms with Gasteiger partial charge < -0.3 is 10.6 Å². The molecule has 1 aliphatic carbocycles. The average Bonchev–Trinajstić information content (AvgIpc) is 2.47. The van der Waals surface area contributed by atoms with Gasteiger partial charge >= 0.3 is 0 Å². The van der Waals surface area contributed by atoms with Crippen LogP contribution in [0, 0.1) is 11.8 Å². The summed E-state index contributed by atoms with van der Waals surface area (Å²) in [5.74, 6) is 0.695. The van der Waals surface area contributed by atoms with E-state index in [0.717, 1.165) is 12.8 Å². The Kier molecular flexibility index (Phi) is 8.37. The van der Waals surface area contributed by atoms with Crippen LogP contribution >= 0.6 is 0 Å². The Morgan fingerprint density at radius 1 is 1.22 bits per heavy atom. The third kappa shape index (κ3) is 8.38. The highest BCUT2D eigenvalue weighted by atomic mass is 16.2. The van der Waals surface area contributed by atoms with Crippen LogP contribution in [0.4, 0.5) is 0 Å². The molecule has 23 heavy (non-hydrogen) atoms. The number of nitrogens with one attached hydrogen (secondary N) is 3. The van der Waals surface area contributed by atoms with Gasteiger partial charge in [0.1, 0.15) is 11.9 Å². The fourth-order valence-corrected chi connectivity index (χ4v) is 2.57. The first-order valence-corrected chi connectivity index (χ1v) is 8.46. The number of nitrogens with zero attached hydrogens (tertiary/aromatic N) is 1. The smallest absolute Gasteiger partial charge is 0.247 e. The van der Waals surface area contributed by atoms with Gasteiger partial charge in [-0.3, -0.25) is 15.0 Å². The third-order valence-corrected chi connectivity index (χ3v) is 3.82. The summed E-state index contributed by atoms with van der Waals surface area (Å²) in [5, 5.41) is 9.28. The summed E-state index contributed by atoms with van der Waals surface area (Å²) in [6.45, 7) is 9.34. The van der Waals surface area contributed by atoms with Gasteiger partial charge in [0.25, 0.3) is 0 Å². The van der Waals surface area contributed by atoms with Crippen molar-refractivity contribution in [1.82, 2.24) is 16.1 Å². The first-order valence-electron chi connectivity index (χ1n) is 8.46. The molecular formula is C17H30N4O2. The van der Waals surface area contributed by atoms with Gasteiger partial charge in [0, 0.05) is 12.6 Å². The minimum atomic E-state index is -0.598. The van der Waals surface area contributed by atoms with Crippen molar-refractivity contribution in [2.75, 3.05) is 0 Å². The molecule has 1 fully saturated rings. The van der Waals surface area contributed by atoms with E-state index in [1.165, 1.54) is 19.3 Å². The molecule has 6 heteroatoms. The van der Waals surface area contributed by atoms with Crippen molar-refractivity contribution in [3.63, 3.8) is 0 Å². The molecule has 0 aromatic heterocycles. The number of amides is 2. The highest BCUT2D eigenvalue weighted by molar-refractivity contribution is 5.88. The summed E-state index contributed by atoms with van der Waals surface area (Å²) in [4.78, 5) is 24.0. The number of hydrogen-bond donors (Lipinski definition) is 3. The van der Waals surface area contributed by atoms with E-state index in [0.29, 0.717) is 24.1 Å². The maximum absolute atomic E-state index is 12.0. The van der Waals surface area contributed by atoms with Gasteiger partial charge in [-0.05, 0) is 31.6 Å². The van der Waals surface area contributed by atoms with Crippen LogP contribution in [0.5, 0.6) is 0 Å². The lowest BCUT2D eigenvalue weighted by molar-refractivity contribution is -0.128. The van der Waals surface area contributed by atoms with Crippen molar-refractivity contribution in [2.45, 2.75) is 65.3 Å². The SMILES string of the molecule is C=C(N/N=C/C(C)C)NC(=O)[C@H](C)NC(=O)CC1CCCCC1. The van der Waals surface area contributed by atoms with Crippen LogP contribution < -0.4 is 16.1 Å². The molecule has 0 radical (unpaired) electrons. The Morgan fingerprint density at radius 3 is 2.48 bits per heavy atom. The predicted octanol–water partition coefficient (Wildman–Crippen LogP) is 2.28. The normalized spacial score (nSPS) is 17.0. The molecule has 1 aliphatic rings. The number of hydrazone groups is 1. The maximum atomic E-state index is 12.0. The molecule has 2 amide bonds. The van der Waals surface area contributed by atoms with E-state index in [1.54, 1.807) is 13.1 Å². The average molecular weight is 322 g/mol. The number of hydrogen-bond acceptors (Lipinski definition) is 4. The second-order valence-corrected chi connectivity index (χ2v) is 6.60. The summed E-state index contributed by atoms with van der Waals surface area (Å²) in [5.41, 5.74) is 2.65. The molecule has 0 saturated heterocycles. The van der Waals surface area contributed by atoms with Crippen molar-refractivity contribution >= 4 is 18.0 Å². The first-order chi connectivity index (χ1) is 10.9. The first kappa shape index (κ1) is 19.2. The van der Waals surface area contributed by atoms with Gasteiger partial charge in [-0.15, -0.1) is 0 Å². The van der Waals surface area contributed by atoms with E-state index in [-0.39, 0.29) is 11.8 Å². The number of rotatable bonds is 8. The highest BCUT2D eigenvalue weighted by Crippen LogP contribution is 2.26. The highest BCUT2D eigenvalue weighted by Gasteiger charge is 2.20. The van der Waals surface area contributed by atoms with Gasteiger partial charge in [-0.25, -0.2) is 0 Å². The maximum Gasteiger partial charge on any atom is 0.247 e. The Bertz CT molecular complexity index is 440. The molecule has 6 nitrogen and oxygen atoms in total. The fourth-order valence-electron chi connectivity index (χ4n) is 2.57. The van der Waals surface area contributed by atoms with E-state index in [9.17, 15) is 9.59 Å². The standard InChI is InChI=1S/C17H30N4O2/c1-12(2)11-18-21-14(4)20-17(23)13(3)19-16(22)10-15-8-6-5-7-9-15/h11-13,15,21H,4-10H2,1-3H3,(H,19,22)(H,20,23)/b18-11+/t13-/m0/s1. The summed E-state index contributed by atoms with van der Waals surface area (Å²) in [6.07, 6.45) is 8.13. The zero-order chi connectivity index (χ0) is 17.2. The van der Waals surface area contributed by atoms with Gasteiger partial charge in [0.2, 0.25) is 11.8 Å². The molecule has 0 unspecified atom stereocenters. The minimum absolute atomic E-state index is 0.0593. The van der Waals surface area contributed by atoms with Crippen molar-refractivity contribution in [3.05, 3.63) is 12.4 Å². The van der Waals surface area contributed by atoms with Crippen LogP contribution in [0.15, 0.2) is 17.5 Å². The Morgan fingerprint density at radius 2 is 1.87 bits per heavy atom. The third-order valence-electron chi connectivity index (χ3n) is 3.82. The monoisotopic (exact) mass is 322 g/mol. The van der Waals surface area contributed by atoms with Gasteiger partial charge in [0.05, 0.1) is 0 Å². The van der Waals surface area contributed by atoms with Crippen LogP contribution in [0.2, 0.25) is 0 Å². The van der Waals surface area contributed by atoms with E-state index in [1.807, 2.05) is 13.8 Å². The van der Waals surface area contributed by atoms with Gasteiger partial charge in [0.15, 0.2) is 0 Å². The second kappa shape index (κ2) is 10.0. The van der Waals surface area contributed by atoms with Crippen LogP contribution in [-0.2, 0) is 9.59 Å². The van der Waals surface area contributed by atoms with Crippen molar-refractivity contribution < 1.29 is 9.59 Å². The second-order valence-electron chi connectivity index (χ2n) is 6.60. The molecule has 1 saturated carbocycles. The summed E-state index contributed by atoms with van der Waals surface area (Å²) < 4.78 is 0. The molecule has 0 aromatic rings. The van der Waals surface area contributed by atoms with Gasteiger partial charge in [-0.1, -0.05) is 39.7 Å². The van der Waals surface area contributed by atoms with Crippen molar-refractivity contribution in [3.8, 4) is 0 Å². The molecule has 0 heterocycles. The zero-order valence-corrected chi connectivity index (χ0v) is 14.5.